The van der Waals surface area contributed by atoms with E-state index in [9.17, 15) is 5.11 Å². The molecule has 0 aliphatic carbocycles. The van der Waals surface area contributed by atoms with Crippen molar-refractivity contribution in [2.45, 2.75) is 39.2 Å². The first-order chi connectivity index (χ1) is 10.6. The summed E-state index contributed by atoms with van der Waals surface area (Å²) in [4.78, 5) is 10.8. The molecule has 6 heteroatoms. The first kappa shape index (κ1) is 17.0. The predicted molar refractivity (Wildman–Crippen MR) is 88.2 cm³/mol. The Morgan fingerprint density at radius 3 is 3.00 bits per heavy atom. The molecule has 2 rings (SSSR count). The average Bonchev–Trinajstić information content (AvgIpc) is 3.00. The summed E-state index contributed by atoms with van der Waals surface area (Å²) in [7, 11) is 1.73. The number of nitrogens with one attached hydrogen (secondary N) is 1. The van der Waals surface area contributed by atoms with Gasteiger partial charge < -0.3 is 20.1 Å². The second-order valence-electron chi connectivity index (χ2n) is 6.69. The van der Waals surface area contributed by atoms with Crippen LogP contribution in [0.5, 0.6) is 0 Å². The fraction of sp³-hybridized carbons (Fsp3) is 0.750. The molecule has 0 aromatic carbocycles. The average molecular weight is 308 g/mol. The molecule has 1 atom stereocenters. The van der Waals surface area contributed by atoms with E-state index in [0.29, 0.717) is 0 Å². The van der Waals surface area contributed by atoms with Crippen molar-refractivity contribution in [2.24, 2.45) is 5.41 Å². The summed E-state index contributed by atoms with van der Waals surface area (Å²) in [6.07, 6.45) is 4.70. The monoisotopic (exact) mass is 308 g/mol. The molecule has 1 fully saturated rings. The van der Waals surface area contributed by atoms with Crippen molar-refractivity contribution >= 4 is 11.6 Å². The van der Waals surface area contributed by atoms with Gasteiger partial charge in [-0.3, -0.25) is 0 Å². The quantitative estimate of drug-likeness (QED) is 0.764. The van der Waals surface area contributed by atoms with Gasteiger partial charge in [0.1, 0.15) is 18.0 Å². The van der Waals surface area contributed by atoms with Crippen LogP contribution in [0.4, 0.5) is 11.6 Å². The number of aromatic nitrogens is 2. The zero-order chi connectivity index (χ0) is 16.0. The summed E-state index contributed by atoms with van der Waals surface area (Å²) in [6, 6.07) is 2.15. The Bertz CT molecular complexity index is 467. The third-order valence-electron chi connectivity index (χ3n) is 4.27. The number of aliphatic hydroxyl groups is 1. The maximum atomic E-state index is 9.45. The molecule has 0 bridgehead atoms. The number of aliphatic hydroxyl groups excluding tert-OH is 1. The van der Waals surface area contributed by atoms with E-state index in [0.717, 1.165) is 50.6 Å². The van der Waals surface area contributed by atoms with E-state index in [4.69, 9.17) is 4.74 Å². The summed E-state index contributed by atoms with van der Waals surface area (Å²) in [5.41, 5.74) is 0.141. The first-order valence-electron chi connectivity index (χ1n) is 7.98. The summed E-state index contributed by atoms with van der Waals surface area (Å²) >= 11 is 0. The van der Waals surface area contributed by atoms with Crippen LogP contribution in [0.25, 0.3) is 0 Å². The van der Waals surface area contributed by atoms with Gasteiger partial charge in [-0.1, -0.05) is 13.8 Å². The summed E-state index contributed by atoms with van der Waals surface area (Å²) < 4.78 is 5.16. The Morgan fingerprint density at radius 1 is 1.45 bits per heavy atom. The van der Waals surface area contributed by atoms with Crippen molar-refractivity contribution in [3.63, 3.8) is 0 Å². The molecule has 1 aliphatic rings. The van der Waals surface area contributed by atoms with Crippen LogP contribution in [-0.2, 0) is 4.74 Å². The molecule has 1 aromatic heterocycles. The van der Waals surface area contributed by atoms with Crippen molar-refractivity contribution < 1.29 is 9.84 Å². The van der Waals surface area contributed by atoms with Gasteiger partial charge in [-0.2, -0.15) is 0 Å². The SMILES string of the molecule is COCCC(C)(C)CNc1cc(N2CCCC2CO)ncn1. The maximum absolute atomic E-state index is 9.45. The highest BCUT2D eigenvalue weighted by molar-refractivity contribution is 5.49. The van der Waals surface area contributed by atoms with Crippen LogP contribution in [0, 0.1) is 5.41 Å². The lowest BCUT2D eigenvalue weighted by atomic mass is 9.90. The van der Waals surface area contributed by atoms with Gasteiger partial charge >= 0.3 is 0 Å². The number of ether oxygens (including phenoxy) is 1. The zero-order valence-electron chi connectivity index (χ0n) is 13.9. The molecule has 1 saturated heterocycles. The molecular weight excluding hydrogens is 280 g/mol. The second kappa shape index (κ2) is 7.74. The Kier molecular flexibility index (Phi) is 5.97. The highest BCUT2D eigenvalue weighted by atomic mass is 16.5. The smallest absolute Gasteiger partial charge is 0.134 e. The number of methoxy groups -OCH3 is 1. The van der Waals surface area contributed by atoms with Gasteiger partial charge in [-0.05, 0) is 24.7 Å². The van der Waals surface area contributed by atoms with Crippen molar-refractivity contribution in [1.29, 1.82) is 0 Å². The number of rotatable bonds is 8. The Balaban J connectivity index is 1.97. The van der Waals surface area contributed by atoms with Crippen LogP contribution < -0.4 is 10.2 Å². The largest absolute Gasteiger partial charge is 0.394 e. The second-order valence-corrected chi connectivity index (χ2v) is 6.69. The van der Waals surface area contributed by atoms with Crippen LogP contribution in [0.2, 0.25) is 0 Å². The molecule has 1 aliphatic heterocycles. The predicted octanol–water partition coefficient (Wildman–Crippen LogP) is 1.91. The molecule has 1 aromatic rings. The molecule has 0 radical (unpaired) electrons. The van der Waals surface area contributed by atoms with E-state index in [2.05, 4.69) is 34.0 Å². The van der Waals surface area contributed by atoms with Crippen LogP contribution in [0.1, 0.15) is 33.1 Å². The first-order valence-corrected chi connectivity index (χ1v) is 7.98. The van der Waals surface area contributed by atoms with Crippen LogP contribution in [0.15, 0.2) is 12.4 Å². The molecule has 0 saturated carbocycles. The van der Waals surface area contributed by atoms with Crippen LogP contribution in [0.3, 0.4) is 0 Å². The van der Waals surface area contributed by atoms with E-state index in [1.54, 1.807) is 13.4 Å². The topological polar surface area (TPSA) is 70.5 Å². The van der Waals surface area contributed by atoms with E-state index >= 15 is 0 Å². The van der Waals surface area contributed by atoms with Gasteiger partial charge in [0.2, 0.25) is 0 Å². The standard InChI is InChI=1S/C16H28N4O2/c1-16(2,6-8-22-3)11-17-14-9-15(19-12-18-14)20-7-4-5-13(20)10-21/h9,12-13,21H,4-8,10-11H2,1-3H3,(H,17,18,19). The third kappa shape index (κ3) is 4.55. The van der Waals surface area contributed by atoms with Gasteiger partial charge in [-0.15, -0.1) is 0 Å². The van der Waals surface area contributed by atoms with Crippen LogP contribution in [-0.4, -0.2) is 54.5 Å². The molecular formula is C16H28N4O2. The van der Waals surface area contributed by atoms with E-state index < -0.39 is 0 Å². The fourth-order valence-electron chi connectivity index (χ4n) is 2.72. The van der Waals surface area contributed by atoms with Crippen molar-refractivity contribution in [2.75, 3.05) is 43.6 Å². The summed E-state index contributed by atoms with van der Waals surface area (Å²) in [5.74, 6) is 1.72. The van der Waals surface area contributed by atoms with E-state index in [-0.39, 0.29) is 18.1 Å². The highest BCUT2D eigenvalue weighted by Gasteiger charge is 2.25. The van der Waals surface area contributed by atoms with E-state index in [1.165, 1.54) is 0 Å². The molecule has 1 unspecified atom stereocenters. The van der Waals surface area contributed by atoms with Gasteiger partial charge in [-0.25, -0.2) is 9.97 Å². The van der Waals surface area contributed by atoms with Gasteiger partial charge in [0.25, 0.3) is 0 Å². The molecule has 124 valence electrons. The van der Waals surface area contributed by atoms with E-state index in [1.807, 2.05) is 6.07 Å². The number of nitrogens with zero attached hydrogens (tertiary/aromatic N) is 3. The highest BCUT2D eigenvalue weighted by Crippen LogP contribution is 2.25. The van der Waals surface area contributed by atoms with Gasteiger partial charge in [0.05, 0.1) is 12.6 Å². The molecule has 0 amide bonds. The fourth-order valence-corrected chi connectivity index (χ4v) is 2.72. The Hall–Kier alpha value is -1.40. The minimum absolute atomic E-state index is 0.141. The molecule has 22 heavy (non-hydrogen) atoms. The molecule has 2 heterocycles. The maximum Gasteiger partial charge on any atom is 0.134 e. The third-order valence-corrected chi connectivity index (χ3v) is 4.27. The lowest BCUT2D eigenvalue weighted by molar-refractivity contribution is 0.157. The lowest BCUT2D eigenvalue weighted by Crippen LogP contribution is -2.33. The van der Waals surface area contributed by atoms with Gasteiger partial charge in [0, 0.05) is 32.9 Å². The minimum Gasteiger partial charge on any atom is -0.394 e. The molecule has 2 N–H and O–H groups in total. The Morgan fingerprint density at radius 2 is 2.27 bits per heavy atom. The van der Waals surface area contributed by atoms with Gasteiger partial charge in [0.15, 0.2) is 0 Å². The normalized spacial score (nSPS) is 18.7. The van der Waals surface area contributed by atoms with Crippen molar-refractivity contribution in [3.05, 3.63) is 12.4 Å². The number of anilines is 2. The Labute approximate surface area is 132 Å². The number of hydrogen-bond acceptors (Lipinski definition) is 6. The zero-order valence-corrected chi connectivity index (χ0v) is 13.9. The summed E-state index contributed by atoms with van der Waals surface area (Å²) in [5, 5.41) is 12.8. The van der Waals surface area contributed by atoms with Crippen LogP contribution >= 0.6 is 0 Å². The summed E-state index contributed by atoms with van der Waals surface area (Å²) in [6.45, 7) is 7.14. The van der Waals surface area contributed by atoms with Crippen molar-refractivity contribution in [1.82, 2.24) is 9.97 Å². The molecule has 0 spiro atoms. The molecule has 6 nitrogen and oxygen atoms in total. The number of hydrogen-bond donors (Lipinski definition) is 2. The minimum atomic E-state index is 0.141. The van der Waals surface area contributed by atoms with Crippen molar-refractivity contribution in [3.8, 4) is 0 Å². The lowest BCUT2D eigenvalue weighted by Gasteiger charge is -2.26.